The predicted molar refractivity (Wildman–Crippen MR) is 108 cm³/mol. The summed E-state index contributed by atoms with van der Waals surface area (Å²) in [6.45, 7) is 1.95. The van der Waals surface area contributed by atoms with Crippen LogP contribution < -0.4 is 16.4 Å². The van der Waals surface area contributed by atoms with Crippen molar-refractivity contribution in [2.75, 3.05) is 0 Å². The van der Waals surface area contributed by atoms with Crippen molar-refractivity contribution in [2.45, 2.75) is 69.4 Å². The summed E-state index contributed by atoms with van der Waals surface area (Å²) < 4.78 is 66.1. The van der Waals surface area contributed by atoms with Crippen LogP contribution in [-0.2, 0) is 6.18 Å². The number of alkyl halides is 5. The molecular formula is C21H25F5N6. The van der Waals surface area contributed by atoms with Crippen LogP contribution in [0.5, 0.6) is 0 Å². The number of nitrogens with two attached hydrogens (primary N) is 1. The van der Waals surface area contributed by atoms with Crippen molar-refractivity contribution in [3.8, 4) is 0 Å². The van der Waals surface area contributed by atoms with E-state index in [2.05, 4.69) is 25.6 Å². The highest BCUT2D eigenvalue weighted by Gasteiger charge is 2.62. The van der Waals surface area contributed by atoms with E-state index < -0.39 is 23.6 Å². The number of aromatic nitrogens is 1. The Labute approximate surface area is 182 Å². The molecule has 5 rings (SSSR count). The molecule has 0 radical (unpaired) electrons. The molecule has 1 aromatic rings. The van der Waals surface area contributed by atoms with Crippen molar-refractivity contribution in [3.63, 3.8) is 0 Å². The number of halogens is 5. The van der Waals surface area contributed by atoms with Gasteiger partial charge in [-0.1, -0.05) is 13.0 Å². The molecule has 4 aliphatic rings. The number of pyridine rings is 1. The van der Waals surface area contributed by atoms with Gasteiger partial charge >= 0.3 is 6.18 Å². The lowest BCUT2D eigenvalue weighted by Gasteiger charge is -2.56. The van der Waals surface area contributed by atoms with Gasteiger partial charge in [0.2, 0.25) is 5.92 Å². The maximum atomic E-state index is 13.3. The van der Waals surface area contributed by atoms with Gasteiger partial charge in [-0.05, 0) is 49.1 Å². The first kappa shape index (κ1) is 21.5. The van der Waals surface area contributed by atoms with Gasteiger partial charge in [0.25, 0.3) is 0 Å². The van der Waals surface area contributed by atoms with Crippen LogP contribution in [0.2, 0.25) is 0 Å². The largest absolute Gasteiger partial charge is 0.433 e. The first-order valence-electron chi connectivity index (χ1n) is 10.8. The van der Waals surface area contributed by atoms with E-state index in [1.165, 1.54) is 12.1 Å². The fourth-order valence-electron chi connectivity index (χ4n) is 5.20. The minimum absolute atomic E-state index is 0.00978. The Balaban J connectivity index is 1.41. The fourth-order valence-corrected chi connectivity index (χ4v) is 5.20. The summed E-state index contributed by atoms with van der Waals surface area (Å²) in [6, 6.07) is 3.44. The molecule has 3 saturated carbocycles. The Morgan fingerprint density at radius 2 is 1.88 bits per heavy atom. The molecule has 6 nitrogen and oxygen atoms in total. The van der Waals surface area contributed by atoms with Crippen molar-refractivity contribution >= 4 is 11.8 Å². The summed E-state index contributed by atoms with van der Waals surface area (Å²) in [4.78, 5) is 12.8. The Hall–Kier alpha value is -2.30. The third-order valence-electron chi connectivity index (χ3n) is 7.07. The summed E-state index contributed by atoms with van der Waals surface area (Å²) in [5.74, 6) is -3.19. The molecule has 3 aliphatic carbocycles. The third-order valence-corrected chi connectivity index (χ3v) is 7.07. The highest BCUT2D eigenvalue weighted by Crippen LogP contribution is 2.63. The van der Waals surface area contributed by atoms with E-state index in [9.17, 15) is 22.0 Å². The minimum atomic E-state index is -4.59. The zero-order chi connectivity index (χ0) is 22.9. The van der Waals surface area contributed by atoms with E-state index in [4.69, 9.17) is 5.73 Å². The summed E-state index contributed by atoms with van der Waals surface area (Å²) in [5.41, 5.74) is 5.22. The molecule has 1 aliphatic heterocycles. The average molecular weight is 456 g/mol. The molecule has 2 heterocycles. The van der Waals surface area contributed by atoms with Gasteiger partial charge in [0, 0.05) is 18.8 Å². The lowest BCUT2D eigenvalue weighted by atomic mass is 9.52. The Bertz CT molecular complexity index is 969. The number of hydrogen-bond acceptors (Lipinski definition) is 4. The monoisotopic (exact) mass is 456 g/mol. The molecule has 32 heavy (non-hydrogen) atoms. The molecule has 11 heteroatoms. The van der Waals surface area contributed by atoms with Crippen LogP contribution in [0.4, 0.5) is 22.0 Å². The standard InChI is InChI=1S/C21H25F5N6/c1-11(12-5-6-12)21(27)31-16(14-3-2-4-15(29-14)20(24,25)26)30-17(32-21)28-13-7-18(8-13)9-19(22,23)10-18/h2-4,11-13H,5-10,27H2,1H3,(H2,28,30,31,32)/t11-,21?/m1/s1. The normalized spacial score (nSPS) is 31.2. The van der Waals surface area contributed by atoms with Gasteiger partial charge in [0.15, 0.2) is 17.6 Å². The second-order valence-electron chi connectivity index (χ2n) is 9.82. The predicted octanol–water partition coefficient (Wildman–Crippen LogP) is 3.63. The van der Waals surface area contributed by atoms with Crippen molar-refractivity contribution in [1.29, 1.82) is 0 Å². The summed E-state index contributed by atoms with van der Waals surface area (Å²) in [6.07, 6.45) is -1.68. The first-order valence-corrected chi connectivity index (χ1v) is 10.8. The van der Waals surface area contributed by atoms with Crippen LogP contribution in [-0.4, -0.2) is 34.5 Å². The number of rotatable bonds is 4. The Morgan fingerprint density at radius 1 is 1.19 bits per heavy atom. The third kappa shape index (κ3) is 3.95. The molecule has 1 spiro atoms. The number of nitrogens with zero attached hydrogens (tertiary/aromatic N) is 3. The number of amidine groups is 1. The molecule has 4 N–H and O–H groups in total. The summed E-state index contributed by atoms with van der Waals surface area (Å²) >= 11 is 0. The van der Waals surface area contributed by atoms with Gasteiger partial charge < -0.3 is 10.6 Å². The van der Waals surface area contributed by atoms with Crippen LogP contribution in [0, 0.1) is 17.3 Å². The molecule has 0 aromatic carbocycles. The highest BCUT2D eigenvalue weighted by atomic mass is 19.4. The van der Waals surface area contributed by atoms with Gasteiger partial charge in [-0.15, -0.1) is 0 Å². The number of nitrogens with one attached hydrogen (secondary N) is 2. The average Bonchev–Trinajstić information content (AvgIpc) is 3.49. The van der Waals surface area contributed by atoms with Crippen molar-refractivity contribution in [3.05, 3.63) is 29.6 Å². The van der Waals surface area contributed by atoms with Crippen LogP contribution in [0.3, 0.4) is 0 Å². The zero-order valence-corrected chi connectivity index (χ0v) is 17.5. The minimum Gasteiger partial charge on any atom is -0.319 e. The van der Waals surface area contributed by atoms with Crippen molar-refractivity contribution < 1.29 is 22.0 Å². The molecule has 0 amide bonds. The van der Waals surface area contributed by atoms with Crippen LogP contribution in [0.25, 0.3) is 0 Å². The fraction of sp³-hybridized carbons (Fsp3) is 0.667. The maximum Gasteiger partial charge on any atom is 0.433 e. The molecular weight excluding hydrogens is 431 g/mol. The summed E-state index contributed by atoms with van der Waals surface area (Å²) in [7, 11) is 0. The molecule has 1 aromatic heterocycles. The summed E-state index contributed by atoms with van der Waals surface area (Å²) in [5, 5.41) is 6.03. The number of guanidine groups is 1. The molecule has 2 atom stereocenters. The van der Waals surface area contributed by atoms with E-state index in [-0.39, 0.29) is 47.7 Å². The van der Waals surface area contributed by atoms with Gasteiger partial charge in [0.1, 0.15) is 11.4 Å². The lowest BCUT2D eigenvalue weighted by Crippen LogP contribution is -2.67. The molecule has 0 saturated heterocycles. The van der Waals surface area contributed by atoms with Gasteiger partial charge in [-0.2, -0.15) is 13.2 Å². The van der Waals surface area contributed by atoms with Gasteiger partial charge in [0.05, 0.1) is 6.04 Å². The van der Waals surface area contributed by atoms with Gasteiger partial charge in [-0.25, -0.2) is 23.7 Å². The smallest absolute Gasteiger partial charge is 0.319 e. The molecule has 174 valence electrons. The topological polar surface area (TPSA) is 87.7 Å². The van der Waals surface area contributed by atoms with Crippen LogP contribution >= 0.6 is 0 Å². The van der Waals surface area contributed by atoms with E-state index in [0.717, 1.165) is 18.9 Å². The SMILES string of the molecule is C[C@H](C1CC1)C1(N)N=C(c2cccc(C(F)(F)F)n2)NC(=NC2CC3(C2)CC(F)(F)C3)N1. The molecule has 0 bridgehead atoms. The maximum absolute atomic E-state index is 13.3. The number of aliphatic imine (C=N–C) groups is 2. The van der Waals surface area contributed by atoms with Crippen LogP contribution in [0.15, 0.2) is 28.2 Å². The van der Waals surface area contributed by atoms with Gasteiger partial charge in [-0.3, -0.25) is 5.73 Å². The Morgan fingerprint density at radius 3 is 2.47 bits per heavy atom. The Kier molecular flexibility index (Phi) is 4.61. The quantitative estimate of drug-likeness (QED) is 0.604. The van der Waals surface area contributed by atoms with E-state index in [1.807, 2.05) is 6.92 Å². The second kappa shape index (κ2) is 6.85. The van der Waals surface area contributed by atoms with E-state index >= 15 is 0 Å². The van der Waals surface area contributed by atoms with E-state index in [0.29, 0.717) is 18.8 Å². The first-order chi connectivity index (χ1) is 14.9. The zero-order valence-electron chi connectivity index (χ0n) is 17.5. The molecule has 3 fully saturated rings. The van der Waals surface area contributed by atoms with Crippen molar-refractivity contribution in [1.82, 2.24) is 15.6 Å². The highest BCUT2D eigenvalue weighted by molar-refractivity contribution is 6.09. The van der Waals surface area contributed by atoms with Crippen molar-refractivity contribution in [2.24, 2.45) is 33.0 Å². The van der Waals surface area contributed by atoms with E-state index in [1.54, 1.807) is 0 Å². The lowest BCUT2D eigenvalue weighted by molar-refractivity contribution is -0.194. The van der Waals surface area contributed by atoms with Crippen LogP contribution in [0.1, 0.15) is 56.8 Å². The second-order valence-corrected chi connectivity index (χ2v) is 9.82. The number of hydrogen-bond donors (Lipinski definition) is 3. The molecule has 1 unspecified atom stereocenters.